The molecule has 3 aromatic carbocycles. The van der Waals surface area contributed by atoms with Gasteiger partial charge in [0, 0.05) is 43.6 Å². The summed E-state index contributed by atoms with van der Waals surface area (Å²) in [4.78, 5) is 11.1. The van der Waals surface area contributed by atoms with Crippen molar-refractivity contribution < 1.29 is 23.7 Å². The van der Waals surface area contributed by atoms with Gasteiger partial charge in [0.05, 0.1) is 17.6 Å². The highest BCUT2D eigenvalue weighted by Gasteiger charge is 2.38. The van der Waals surface area contributed by atoms with Gasteiger partial charge in [-0.3, -0.25) is 0 Å². The number of fused-ring (bicyclic) bond motifs is 4. The van der Waals surface area contributed by atoms with E-state index in [0.29, 0.717) is 42.8 Å². The maximum atomic E-state index is 16.4. The molecule has 0 radical (unpaired) electrons. The Bertz CT molecular complexity index is 1580. The van der Waals surface area contributed by atoms with Gasteiger partial charge < -0.3 is 30.5 Å². The largest absolute Gasteiger partial charge is 0.508 e. The molecule has 2 atom stereocenters. The number of rotatable bonds is 6. The maximum Gasteiger partial charge on any atom is 0.319 e. The summed E-state index contributed by atoms with van der Waals surface area (Å²) in [5.41, 5.74) is -0.514. The fourth-order valence-electron chi connectivity index (χ4n) is 6.14. The van der Waals surface area contributed by atoms with Crippen LogP contribution >= 0.6 is 0 Å². The molecule has 0 spiro atoms. The third-order valence-electron chi connectivity index (χ3n) is 8.32. The standard InChI is InChI=1S/C29H29F2N5O3/c30-23-9-22-26(25(31)24(23)21-8-19(38)7-16-3-1-2-4-20(16)21)34-28(39-15-29(14-37)12-32-13-29)35-27(22)36-10-17-5-6-18(11-36)33-17/h1-4,7-9,17-18,32-33,37-38H,5-6,10-15H2. The number of aromatic hydroxyl groups is 1. The third-order valence-corrected chi connectivity index (χ3v) is 8.32. The van der Waals surface area contributed by atoms with Crippen molar-refractivity contribution in [3.63, 3.8) is 0 Å². The van der Waals surface area contributed by atoms with Crippen molar-refractivity contribution in [3.8, 4) is 22.9 Å². The third kappa shape index (κ3) is 4.14. The lowest BCUT2D eigenvalue weighted by Gasteiger charge is -2.40. The van der Waals surface area contributed by atoms with Gasteiger partial charge in [-0.25, -0.2) is 8.78 Å². The number of ether oxygens (including phenoxy) is 1. The van der Waals surface area contributed by atoms with Crippen LogP contribution in [0.25, 0.3) is 32.8 Å². The molecule has 3 fully saturated rings. The SMILES string of the molecule is OCC1(COc2nc(N3CC4CCC(C3)N4)c3cc(F)c(-c4cc(O)cc5ccccc45)c(F)c3n2)CNC1. The summed E-state index contributed by atoms with van der Waals surface area (Å²) in [6.45, 7) is 2.62. The number of hydrogen-bond acceptors (Lipinski definition) is 8. The fraction of sp³-hybridized carbons (Fsp3) is 0.379. The topological polar surface area (TPSA) is 103 Å². The van der Waals surface area contributed by atoms with Crippen LogP contribution in [0.4, 0.5) is 14.6 Å². The zero-order chi connectivity index (χ0) is 26.7. The van der Waals surface area contributed by atoms with Gasteiger partial charge in [0.25, 0.3) is 0 Å². The van der Waals surface area contributed by atoms with Crippen molar-refractivity contribution in [1.29, 1.82) is 0 Å². The van der Waals surface area contributed by atoms with Crippen LogP contribution in [0.2, 0.25) is 0 Å². The zero-order valence-corrected chi connectivity index (χ0v) is 21.3. The summed E-state index contributed by atoms with van der Waals surface area (Å²) in [5.74, 6) is -1.25. The molecule has 4 heterocycles. The van der Waals surface area contributed by atoms with Crippen molar-refractivity contribution in [1.82, 2.24) is 20.6 Å². The Labute approximate surface area is 223 Å². The zero-order valence-electron chi connectivity index (χ0n) is 21.3. The summed E-state index contributed by atoms with van der Waals surface area (Å²) in [7, 11) is 0. The Balaban J connectivity index is 1.40. The average Bonchev–Trinajstić information content (AvgIpc) is 3.25. The quantitative estimate of drug-likeness (QED) is 0.299. The van der Waals surface area contributed by atoms with Gasteiger partial charge in [-0.1, -0.05) is 24.3 Å². The normalized spacial score (nSPS) is 21.9. The van der Waals surface area contributed by atoms with Crippen LogP contribution in [0.15, 0.2) is 42.5 Å². The number of phenols is 1. The highest BCUT2D eigenvalue weighted by molar-refractivity contribution is 6.01. The molecule has 2 bridgehead atoms. The number of benzene rings is 3. The van der Waals surface area contributed by atoms with Crippen LogP contribution in [0.3, 0.4) is 0 Å². The maximum absolute atomic E-state index is 16.4. The molecule has 8 nitrogen and oxygen atoms in total. The minimum absolute atomic E-state index is 0.0136. The van der Waals surface area contributed by atoms with E-state index in [9.17, 15) is 10.2 Å². The predicted octanol–water partition coefficient (Wildman–Crippen LogP) is 3.34. The van der Waals surface area contributed by atoms with E-state index in [4.69, 9.17) is 4.74 Å². The van der Waals surface area contributed by atoms with Crippen LogP contribution in [0.5, 0.6) is 11.8 Å². The van der Waals surface area contributed by atoms with Crippen LogP contribution < -0.4 is 20.3 Å². The van der Waals surface area contributed by atoms with E-state index in [2.05, 4.69) is 25.5 Å². The van der Waals surface area contributed by atoms with Crippen molar-refractivity contribution >= 4 is 27.5 Å². The number of aromatic nitrogens is 2. The Morgan fingerprint density at radius 2 is 1.79 bits per heavy atom. The van der Waals surface area contributed by atoms with E-state index < -0.39 is 17.0 Å². The molecule has 3 saturated heterocycles. The molecular formula is C29H29F2N5O3. The Morgan fingerprint density at radius 1 is 1.03 bits per heavy atom. The van der Waals surface area contributed by atoms with Gasteiger partial charge in [-0.2, -0.15) is 9.97 Å². The summed E-state index contributed by atoms with van der Waals surface area (Å²) >= 11 is 0. The minimum Gasteiger partial charge on any atom is -0.508 e. The molecule has 202 valence electrons. The van der Waals surface area contributed by atoms with E-state index in [1.165, 1.54) is 12.1 Å². The lowest BCUT2D eigenvalue weighted by atomic mass is 9.84. The van der Waals surface area contributed by atoms with Crippen molar-refractivity contribution in [2.24, 2.45) is 5.41 Å². The van der Waals surface area contributed by atoms with E-state index >= 15 is 8.78 Å². The van der Waals surface area contributed by atoms with Gasteiger partial charge in [0.2, 0.25) is 0 Å². The molecule has 3 aliphatic rings. The van der Waals surface area contributed by atoms with Gasteiger partial charge >= 0.3 is 6.01 Å². The number of aliphatic hydroxyl groups is 1. The molecule has 7 rings (SSSR count). The molecule has 10 heteroatoms. The predicted molar refractivity (Wildman–Crippen MR) is 144 cm³/mol. The van der Waals surface area contributed by atoms with E-state index in [1.54, 1.807) is 30.3 Å². The highest BCUT2D eigenvalue weighted by atomic mass is 19.1. The average molecular weight is 534 g/mol. The molecule has 0 aliphatic carbocycles. The molecule has 2 unspecified atom stereocenters. The molecular weight excluding hydrogens is 504 g/mol. The number of anilines is 1. The van der Waals surface area contributed by atoms with E-state index in [-0.39, 0.29) is 59.1 Å². The second kappa shape index (κ2) is 9.25. The first-order valence-electron chi connectivity index (χ1n) is 13.3. The number of hydrogen-bond donors (Lipinski definition) is 4. The summed E-state index contributed by atoms with van der Waals surface area (Å²) in [6.07, 6.45) is 2.08. The number of aliphatic hydroxyl groups excluding tert-OH is 1. The van der Waals surface area contributed by atoms with E-state index in [1.807, 2.05) is 0 Å². The van der Waals surface area contributed by atoms with Gasteiger partial charge in [0.1, 0.15) is 29.5 Å². The second-order valence-electron chi connectivity index (χ2n) is 11.1. The van der Waals surface area contributed by atoms with Crippen LogP contribution in [0, 0.1) is 17.0 Å². The monoisotopic (exact) mass is 533 g/mol. The summed E-state index contributed by atoms with van der Waals surface area (Å²) in [6, 6.07) is 11.9. The first-order chi connectivity index (χ1) is 18.9. The first-order valence-corrected chi connectivity index (χ1v) is 13.3. The van der Waals surface area contributed by atoms with Crippen LogP contribution in [-0.4, -0.2) is 71.7 Å². The van der Waals surface area contributed by atoms with Crippen LogP contribution in [0.1, 0.15) is 12.8 Å². The van der Waals surface area contributed by atoms with Crippen LogP contribution in [-0.2, 0) is 0 Å². The smallest absolute Gasteiger partial charge is 0.319 e. The number of phenolic OH excluding ortho intramolecular Hbond substituents is 1. The Kier molecular flexibility index (Phi) is 5.80. The summed E-state index contributed by atoms with van der Waals surface area (Å²) in [5, 5.41) is 28.5. The molecule has 1 aromatic heterocycles. The summed E-state index contributed by atoms with van der Waals surface area (Å²) < 4.78 is 38.3. The van der Waals surface area contributed by atoms with E-state index in [0.717, 1.165) is 12.8 Å². The van der Waals surface area contributed by atoms with Crippen molar-refractivity contribution in [3.05, 3.63) is 54.1 Å². The minimum atomic E-state index is -0.838. The Hall–Kier alpha value is -3.60. The number of nitrogens with one attached hydrogen (secondary N) is 2. The number of nitrogens with zero attached hydrogens (tertiary/aromatic N) is 3. The lowest BCUT2D eigenvalue weighted by Crippen LogP contribution is -2.58. The fourth-order valence-corrected chi connectivity index (χ4v) is 6.14. The van der Waals surface area contributed by atoms with Crippen molar-refractivity contribution in [2.75, 3.05) is 44.3 Å². The number of piperazine rings is 1. The van der Waals surface area contributed by atoms with Gasteiger partial charge in [0.15, 0.2) is 5.82 Å². The first kappa shape index (κ1) is 24.4. The van der Waals surface area contributed by atoms with Gasteiger partial charge in [-0.05, 0) is 47.4 Å². The molecule has 3 aliphatic heterocycles. The molecule has 0 saturated carbocycles. The molecule has 39 heavy (non-hydrogen) atoms. The van der Waals surface area contributed by atoms with Gasteiger partial charge in [-0.15, -0.1) is 0 Å². The molecule has 0 amide bonds. The molecule has 4 N–H and O–H groups in total. The van der Waals surface area contributed by atoms with Crippen molar-refractivity contribution in [2.45, 2.75) is 24.9 Å². The molecule has 4 aromatic rings. The highest BCUT2D eigenvalue weighted by Crippen LogP contribution is 2.40. The Morgan fingerprint density at radius 3 is 2.51 bits per heavy atom. The second-order valence-corrected chi connectivity index (χ2v) is 11.1. The lowest BCUT2D eigenvalue weighted by molar-refractivity contribution is 0.0182. The number of halogens is 2.